The molecule has 1 aliphatic heterocycles. The monoisotopic (exact) mass is 1060 g/mol. The summed E-state index contributed by atoms with van der Waals surface area (Å²) in [5.41, 5.74) is 1.16. The van der Waals surface area contributed by atoms with Gasteiger partial charge in [-0.25, -0.2) is 4.79 Å². The molecule has 15 nitrogen and oxygen atoms in total. The number of rotatable bonds is 31. The van der Waals surface area contributed by atoms with Crippen molar-refractivity contribution in [3.63, 3.8) is 0 Å². The number of esters is 1. The predicted octanol–water partition coefficient (Wildman–Crippen LogP) is 10.1. The number of ether oxygens (including phenoxy) is 3. The summed E-state index contributed by atoms with van der Waals surface area (Å²) >= 11 is 0. The molecule has 0 spiro atoms. The number of nitrogens with one attached hydrogen (secondary N) is 3. The molecule has 0 radical (unpaired) electrons. The summed E-state index contributed by atoms with van der Waals surface area (Å²) in [5, 5.41) is 9.32. The number of nitrogens with zero attached hydrogens (tertiary/aromatic N) is 3. The highest BCUT2D eigenvalue weighted by atomic mass is 16.6. The minimum atomic E-state index is -1.01. The summed E-state index contributed by atoms with van der Waals surface area (Å²) in [7, 11) is 4.88. The summed E-state index contributed by atoms with van der Waals surface area (Å²) in [6.07, 6.45) is 17.6. The summed E-state index contributed by atoms with van der Waals surface area (Å²) in [4.78, 5) is 87.3. The van der Waals surface area contributed by atoms with Crippen molar-refractivity contribution in [2.24, 2.45) is 17.8 Å². The predicted molar refractivity (Wildman–Crippen MR) is 305 cm³/mol. The van der Waals surface area contributed by atoms with E-state index in [0.717, 1.165) is 107 Å². The second-order valence-corrected chi connectivity index (χ2v) is 23.0. The van der Waals surface area contributed by atoms with E-state index in [0.29, 0.717) is 25.4 Å². The zero-order chi connectivity index (χ0) is 57.0. The zero-order valence-electron chi connectivity index (χ0n) is 49.9. The molecule has 2 fully saturated rings. The smallest absolute Gasteiger partial charge is 0.329 e. The first-order chi connectivity index (χ1) is 36.0. The lowest BCUT2D eigenvalue weighted by molar-refractivity contribution is -0.159. The Morgan fingerprint density at radius 3 is 2.04 bits per heavy atom. The molecule has 1 aliphatic carbocycles. The van der Waals surface area contributed by atoms with Gasteiger partial charge in [-0.1, -0.05) is 123 Å². The Balaban J connectivity index is 0.00000642. The molecule has 1 aromatic carbocycles. The van der Waals surface area contributed by atoms with Crippen LogP contribution in [-0.2, 0) is 49.4 Å². The van der Waals surface area contributed by atoms with Crippen LogP contribution >= 0.6 is 0 Å². The number of allylic oxidation sites excluding steroid dienone is 4. The van der Waals surface area contributed by atoms with Crippen LogP contribution in [0.2, 0.25) is 0 Å². The first-order valence-electron chi connectivity index (χ1n) is 28.9. The molecule has 0 bridgehead atoms. The highest BCUT2D eigenvalue weighted by Crippen LogP contribution is 2.34. The van der Waals surface area contributed by atoms with Gasteiger partial charge in [0, 0.05) is 52.2 Å². The molecular weight excluding hydrogens is 961 g/mol. The number of unbranched alkanes of at least 4 members (excludes halogenated alkanes) is 2. The first-order valence-corrected chi connectivity index (χ1v) is 28.9. The van der Waals surface area contributed by atoms with Crippen LogP contribution in [0.4, 0.5) is 0 Å². The molecule has 432 valence electrons. The molecule has 3 N–H and O–H groups in total. The highest BCUT2D eigenvalue weighted by molar-refractivity contribution is 5.90. The van der Waals surface area contributed by atoms with E-state index in [1.165, 1.54) is 6.42 Å². The molecule has 1 heterocycles. The van der Waals surface area contributed by atoms with Crippen LogP contribution in [0.5, 0.6) is 0 Å². The summed E-state index contributed by atoms with van der Waals surface area (Å²) in [6, 6.07) is 7.69. The number of hydrogen-bond donors (Lipinski definition) is 3. The van der Waals surface area contributed by atoms with Crippen LogP contribution in [0, 0.1) is 17.8 Å². The van der Waals surface area contributed by atoms with Gasteiger partial charge in [0.2, 0.25) is 30.0 Å². The van der Waals surface area contributed by atoms with Crippen LogP contribution in [0.1, 0.15) is 191 Å². The third-order valence-corrected chi connectivity index (χ3v) is 14.3. The number of methoxy groups -OCH3 is 2. The van der Waals surface area contributed by atoms with Crippen molar-refractivity contribution >= 4 is 36.0 Å². The van der Waals surface area contributed by atoms with Crippen molar-refractivity contribution in [2.75, 3.05) is 40.9 Å². The van der Waals surface area contributed by atoms with Gasteiger partial charge in [-0.2, -0.15) is 0 Å². The summed E-state index contributed by atoms with van der Waals surface area (Å²) in [5.74, 6) is -1.82. The first kappa shape index (κ1) is 67.3. The summed E-state index contributed by atoms with van der Waals surface area (Å²) in [6.45, 7) is 24.4. The van der Waals surface area contributed by atoms with E-state index in [1.54, 1.807) is 58.8 Å². The molecule has 1 saturated carbocycles. The standard InChI is InChI=1S/C58H96N6O9.C3H8/c1-14-26-45(32-23-18-24-34-63(40-65)46(27-15-2)36-41(3)4)61-58(9,10)56(70)59-39-51(67)62(11)52(44-30-21-17-22-31-44)49(71-12)38-50(66)64-35-25-33-48(64)53(72-13)42(5)54(68)60-47(55(69)73-57(6,7)8)37-43-28-19-16-20-29-43;1-3-2/h16,19-20,26-29,40-42,44,47-49,52-53,61H,14-15,17-18,21-25,30-39H2,1-13H3,(H,59,70)(H,60,68);3H2,1-2H3/b45-26+,46-27+;. The SMILES string of the molecule is CC/C=C(\CCCCCN(C=O)/C(=C/CC)CC(C)C)NC(C)(C)C(=O)NCC(=O)N(C)C(C1CCCCC1)C(CC(=O)N1CCCC1C(OC)C(C)C(=O)NC(Cc1ccccc1)C(=O)OC(C)(C)C)OC.CCC. The largest absolute Gasteiger partial charge is 0.458 e. The van der Waals surface area contributed by atoms with E-state index in [1.807, 2.05) is 49.1 Å². The molecule has 0 aromatic heterocycles. The van der Waals surface area contributed by atoms with Crippen molar-refractivity contribution in [3.05, 3.63) is 59.4 Å². The van der Waals surface area contributed by atoms with Gasteiger partial charge in [-0.05, 0) is 116 Å². The van der Waals surface area contributed by atoms with Crippen molar-refractivity contribution in [1.82, 2.24) is 30.7 Å². The Kier molecular flexibility index (Phi) is 30.9. The van der Waals surface area contributed by atoms with E-state index >= 15 is 0 Å². The molecule has 1 aromatic rings. The quantitative estimate of drug-likeness (QED) is 0.0369. The van der Waals surface area contributed by atoms with E-state index in [2.05, 4.69) is 69.6 Å². The van der Waals surface area contributed by atoms with Gasteiger partial charge in [0.05, 0.1) is 43.2 Å². The van der Waals surface area contributed by atoms with Gasteiger partial charge in [-0.3, -0.25) is 24.0 Å². The number of benzene rings is 1. The topological polar surface area (TPSA) is 176 Å². The van der Waals surface area contributed by atoms with Gasteiger partial charge in [-0.15, -0.1) is 0 Å². The van der Waals surface area contributed by atoms with Crippen LogP contribution in [-0.4, -0.2) is 133 Å². The van der Waals surface area contributed by atoms with Crippen LogP contribution in [0.25, 0.3) is 0 Å². The van der Waals surface area contributed by atoms with Crippen molar-refractivity contribution < 1.29 is 43.0 Å². The van der Waals surface area contributed by atoms with E-state index in [-0.39, 0.29) is 48.9 Å². The second kappa shape index (κ2) is 34.9. The minimum absolute atomic E-state index is 0.0147. The van der Waals surface area contributed by atoms with E-state index in [9.17, 15) is 28.8 Å². The fraction of sp³-hybridized carbons (Fsp3) is 0.738. The third kappa shape index (κ3) is 23.1. The fourth-order valence-corrected chi connectivity index (χ4v) is 10.6. The van der Waals surface area contributed by atoms with E-state index < -0.39 is 53.4 Å². The molecule has 6 unspecified atom stereocenters. The van der Waals surface area contributed by atoms with Crippen LogP contribution in [0.15, 0.2) is 53.9 Å². The van der Waals surface area contributed by atoms with Crippen molar-refractivity contribution in [2.45, 2.75) is 234 Å². The third-order valence-electron chi connectivity index (χ3n) is 14.3. The molecule has 15 heteroatoms. The minimum Gasteiger partial charge on any atom is -0.458 e. The molecule has 2 aliphatic rings. The molecule has 3 rings (SSSR count). The number of carbonyl (C=O) groups is 6. The number of hydrogen-bond acceptors (Lipinski definition) is 10. The molecule has 6 atom stereocenters. The highest BCUT2D eigenvalue weighted by Gasteiger charge is 2.43. The molecule has 5 amide bonds. The van der Waals surface area contributed by atoms with Gasteiger partial charge in [0.15, 0.2) is 0 Å². The average Bonchev–Trinajstić information content (AvgIpc) is 3.86. The maximum Gasteiger partial charge on any atom is 0.329 e. The van der Waals surface area contributed by atoms with Gasteiger partial charge in [0.1, 0.15) is 17.2 Å². The van der Waals surface area contributed by atoms with Crippen molar-refractivity contribution in [3.8, 4) is 0 Å². The lowest BCUT2D eigenvalue weighted by Crippen LogP contribution is -2.57. The lowest BCUT2D eigenvalue weighted by atomic mass is 9.80. The fourth-order valence-electron chi connectivity index (χ4n) is 10.6. The number of likely N-dealkylation sites (N-methyl/N-ethyl adjacent to an activating group) is 1. The Labute approximate surface area is 459 Å². The van der Waals surface area contributed by atoms with Gasteiger partial charge >= 0.3 is 5.97 Å². The maximum absolute atomic E-state index is 14.5. The average molecular weight is 1070 g/mol. The van der Waals surface area contributed by atoms with E-state index in [4.69, 9.17) is 14.2 Å². The zero-order valence-corrected chi connectivity index (χ0v) is 49.9. The number of carbonyl (C=O) groups excluding carboxylic acids is 6. The number of amides is 5. The second-order valence-electron chi connectivity index (χ2n) is 23.0. The van der Waals surface area contributed by atoms with Gasteiger partial charge < -0.3 is 44.9 Å². The Morgan fingerprint density at radius 1 is 0.829 bits per heavy atom. The van der Waals surface area contributed by atoms with Crippen LogP contribution in [0.3, 0.4) is 0 Å². The van der Waals surface area contributed by atoms with Gasteiger partial charge in [0.25, 0.3) is 0 Å². The molecule has 76 heavy (non-hydrogen) atoms. The summed E-state index contributed by atoms with van der Waals surface area (Å²) < 4.78 is 17.9. The molecule has 1 saturated heterocycles. The lowest BCUT2D eigenvalue weighted by Gasteiger charge is -2.41. The molecular formula is C61H104N6O9. The maximum atomic E-state index is 14.5. The number of likely N-dealkylation sites (tertiary alicyclic amines) is 1. The normalized spacial score (nSPS) is 17.6. The Hall–Kier alpha value is -4.76. The Bertz CT molecular complexity index is 1960. The van der Waals surface area contributed by atoms with Crippen molar-refractivity contribution in [1.29, 1.82) is 0 Å². The Morgan fingerprint density at radius 2 is 1.47 bits per heavy atom. The van der Waals surface area contributed by atoms with Crippen LogP contribution < -0.4 is 16.0 Å².